The molecule has 0 bridgehead atoms. The molecule has 1 aromatic heterocycles. The van der Waals surface area contributed by atoms with Crippen LogP contribution in [0.15, 0.2) is 29.2 Å². The molecule has 2 heterocycles. The highest BCUT2D eigenvalue weighted by molar-refractivity contribution is 8.26. The Hall–Kier alpha value is -2.10. The molecule has 1 fully saturated rings. The van der Waals surface area contributed by atoms with Gasteiger partial charge in [-0.15, -0.1) is 10.2 Å². The number of thioether (sulfide) groups is 1. The summed E-state index contributed by atoms with van der Waals surface area (Å²) in [5, 5.41) is 12.3. The summed E-state index contributed by atoms with van der Waals surface area (Å²) in [4.78, 5) is 26.4. The number of benzene rings is 1. The van der Waals surface area contributed by atoms with Gasteiger partial charge in [0.25, 0.3) is 11.8 Å². The first-order valence-corrected chi connectivity index (χ1v) is 10.5. The highest BCUT2D eigenvalue weighted by Gasteiger charge is 2.28. The molecule has 1 aliphatic heterocycles. The van der Waals surface area contributed by atoms with Gasteiger partial charge in [0.15, 0.2) is 0 Å². The lowest BCUT2D eigenvalue weighted by Gasteiger charge is -2.04. The Morgan fingerprint density at radius 2 is 2.04 bits per heavy atom. The zero-order valence-electron chi connectivity index (χ0n) is 14.9. The van der Waals surface area contributed by atoms with E-state index in [1.165, 1.54) is 28.0 Å². The van der Waals surface area contributed by atoms with Gasteiger partial charge in [0.2, 0.25) is 5.13 Å². The van der Waals surface area contributed by atoms with E-state index in [1.54, 1.807) is 37.4 Å². The monoisotopic (exact) mass is 418 g/mol. The average Bonchev–Trinajstić information content (AvgIpc) is 3.20. The molecule has 6 nitrogen and oxygen atoms in total. The van der Waals surface area contributed by atoms with E-state index in [2.05, 4.69) is 22.4 Å². The third-order valence-electron chi connectivity index (χ3n) is 3.89. The van der Waals surface area contributed by atoms with Crippen LogP contribution in [0, 0.1) is 0 Å². The maximum Gasteiger partial charge on any atom is 0.265 e. The van der Waals surface area contributed by atoms with Crippen molar-refractivity contribution < 1.29 is 9.59 Å². The van der Waals surface area contributed by atoms with Crippen LogP contribution in [0.25, 0.3) is 6.08 Å². The average molecular weight is 419 g/mol. The largest absolute Gasteiger partial charge is 0.296 e. The quantitative estimate of drug-likeness (QED) is 0.565. The predicted molar refractivity (Wildman–Crippen MR) is 114 cm³/mol. The number of rotatable bonds is 6. The number of hydrogen-bond donors (Lipinski definition) is 1. The number of likely N-dealkylation sites (N-methyl/N-ethyl adjacent to an activating group) is 1. The minimum Gasteiger partial charge on any atom is -0.296 e. The molecule has 0 atom stereocenters. The summed E-state index contributed by atoms with van der Waals surface area (Å²) in [6, 6.07) is 7.02. The van der Waals surface area contributed by atoms with Gasteiger partial charge >= 0.3 is 0 Å². The molecule has 0 radical (unpaired) electrons. The van der Waals surface area contributed by atoms with Crippen LogP contribution in [0.4, 0.5) is 5.13 Å². The van der Waals surface area contributed by atoms with Crippen LogP contribution in [0.2, 0.25) is 0 Å². The van der Waals surface area contributed by atoms with Crippen molar-refractivity contribution in [1.82, 2.24) is 15.1 Å². The Morgan fingerprint density at radius 1 is 1.30 bits per heavy atom. The number of nitrogens with one attached hydrogen (secondary N) is 1. The molecule has 0 saturated carbocycles. The Bertz CT molecular complexity index is 906. The number of unbranched alkanes of at least 4 members (excludes halogenated alkanes) is 1. The number of aryl methyl sites for hydroxylation is 1. The van der Waals surface area contributed by atoms with Crippen molar-refractivity contribution in [3.05, 3.63) is 45.3 Å². The van der Waals surface area contributed by atoms with Gasteiger partial charge in [-0.05, 0) is 30.2 Å². The molecule has 2 aromatic rings. The van der Waals surface area contributed by atoms with Gasteiger partial charge in [0.05, 0.1) is 4.91 Å². The molecule has 0 spiro atoms. The van der Waals surface area contributed by atoms with Gasteiger partial charge in [-0.3, -0.25) is 19.8 Å². The first-order valence-electron chi connectivity index (χ1n) is 8.43. The van der Waals surface area contributed by atoms with Crippen molar-refractivity contribution in [2.24, 2.45) is 0 Å². The van der Waals surface area contributed by atoms with Crippen LogP contribution >= 0.6 is 35.3 Å². The van der Waals surface area contributed by atoms with E-state index in [0.717, 1.165) is 29.8 Å². The number of carbonyl (C=O) groups excluding carboxylic acids is 2. The lowest BCUT2D eigenvalue weighted by atomic mass is 10.1. The van der Waals surface area contributed by atoms with Gasteiger partial charge < -0.3 is 0 Å². The first-order chi connectivity index (χ1) is 13.0. The first kappa shape index (κ1) is 19.7. The molecule has 27 heavy (non-hydrogen) atoms. The van der Waals surface area contributed by atoms with Crippen molar-refractivity contribution in [3.8, 4) is 0 Å². The summed E-state index contributed by atoms with van der Waals surface area (Å²) in [5.74, 6) is -0.346. The summed E-state index contributed by atoms with van der Waals surface area (Å²) in [5.41, 5.74) is 1.35. The molecule has 1 aromatic carbocycles. The summed E-state index contributed by atoms with van der Waals surface area (Å²) in [7, 11) is 1.66. The van der Waals surface area contributed by atoms with Crippen LogP contribution in [0.5, 0.6) is 0 Å². The molecular weight excluding hydrogens is 400 g/mol. The van der Waals surface area contributed by atoms with Crippen LogP contribution in [-0.2, 0) is 11.2 Å². The standard InChI is InChI=1S/C18H18N4O2S3/c1-3-4-5-14-20-21-17(27-14)19-15(23)12-8-6-11(7-9-12)10-13-16(24)22(2)18(25)26-13/h6-10H,3-5H2,1-2H3,(H,19,21,23)/b13-10-. The summed E-state index contributed by atoms with van der Waals surface area (Å²) >= 11 is 7.79. The van der Waals surface area contributed by atoms with Crippen LogP contribution < -0.4 is 5.32 Å². The van der Waals surface area contributed by atoms with E-state index in [9.17, 15) is 9.59 Å². The molecule has 2 amide bonds. The Balaban J connectivity index is 1.65. The van der Waals surface area contributed by atoms with E-state index >= 15 is 0 Å². The number of anilines is 1. The normalized spacial score (nSPS) is 15.6. The molecule has 0 aliphatic carbocycles. The highest BCUT2D eigenvalue weighted by atomic mass is 32.2. The smallest absolute Gasteiger partial charge is 0.265 e. The fourth-order valence-electron chi connectivity index (χ4n) is 2.33. The minimum atomic E-state index is -0.236. The topological polar surface area (TPSA) is 75.2 Å². The van der Waals surface area contributed by atoms with E-state index in [1.807, 2.05) is 0 Å². The zero-order chi connectivity index (χ0) is 19.4. The fraction of sp³-hybridized carbons (Fsp3) is 0.278. The molecule has 1 N–H and O–H groups in total. The fourth-order valence-corrected chi connectivity index (χ4v) is 4.29. The van der Waals surface area contributed by atoms with Crippen LogP contribution in [0.3, 0.4) is 0 Å². The van der Waals surface area contributed by atoms with Crippen molar-refractivity contribution in [1.29, 1.82) is 0 Å². The zero-order valence-corrected chi connectivity index (χ0v) is 17.3. The SMILES string of the molecule is CCCCc1nnc(NC(=O)c2ccc(/C=C3\SC(=S)N(C)C3=O)cc2)s1. The van der Waals surface area contributed by atoms with Gasteiger partial charge in [-0.2, -0.15) is 0 Å². The number of aromatic nitrogens is 2. The van der Waals surface area contributed by atoms with Gasteiger partial charge in [-0.1, -0.05) is 60.8 Å². The second kappa shape index (κ2) is 8.73. The van der Waals surface area contributed by atoms with Gasteiger partial charge in [0.1, 0.15) is 9.33 Å². The van der Waals surface area contributed by atoms with E-state index in [-0.39, 0.29) is 11.8 Å². The van der Waals surface area contributed by atoms with Crippen molar-refractivity contribution in [2.45, 2.75) is 26.2 Å². The lowest BCUT2D eigenvalue weighted by Crippen LogP contribution is -2.22. The molecule has 0 unspecified atom stereocenters. The maximum absolute atomic E-state index is 12.4. The summed E-state index contributed by atoms with van der Waals surface area (Å²) in [6.07, 6.45) is 4.80. The van der Waals surface area contributed by atoms with Gasteiger partial charge in [0, 0.05) is 19.0 Å². The lowest BCUT2D eigenvalue weighted by molar-refractivity contribution is -0.121. The number of thiocarbonyl (C=S) groups is 1. The van der Waals surface area contributed by atoms with Crippen molar-refractivity contribution in [2.75, 3.05) is 12.4 Å². The molecule has 1 saturated heterocycles. The number of carbonyl (C=O) groups is 2. The van der Waals surface area contributed by atoms with E-state index < -0.39 is 0 Å². The second-order valence-electron chi connectivity index (χ2n) is 5.92. The molecule has 3 rings (SSSR count). The van der Waals surface area contributed by atoms with Crippen molar-refractivity contribution in [3.63, 3.8) is 0 Å². The predicted octanol–water partition coefficient (Wildman–Crippen LogP) is 3.96. The highest BCUT2D eigenvalue weighted by Crippen LogP contribution is 2.31. The molecule has 1 aliphatic rings. The van der Waals surface area contributed by atoms with E-state index in [0.29, 0.717) is 19.9 Å². The second-order valence-corrected chi connectivity index (χ2v) is 8.66. The summed E-state index contributed by atoms with van der Waals surface area (Å²) < 4.78 is 0.539. The Morgan fingerprint density at radius 3 is 2.67 bits per heavy atom. The summed E-state index contributed by atoms with van der Waals surface area (Å²) in [6.45, 7) is 2.12. The third-order valence-corrected chi connectivity index (χ3v) is 6.27. The maximum atomic E-state index is 12.4. The molecule has 140 valence electrons. The van der Waals surface area contributed by atoms with Crippen LogP contribution in [0.1, 0.15) is 40.7 Å². The third kappa shape index (κ3) is 4.79. The Labute approximate surface area is 171 Å². The molecule has 9 heteroatoms. The van der Waals surface area contributed by atoms with Crippen LogP contribution in [-0.4, -0.2) is 38.3 Å². The number of amides is 2. The van der Waals surface area contributed by atoms with E-state index in [4.69, 9.17) is 12.2 Å². The molecular formula is C18H18N4O2S3. The van der Waals surface area contributed by atoms with Crippen molar-refractivity contribution >= 4 is 62.7 Å². The van der Waals surface area contributed by atoms with Gasteiger partial charge in [-0.25, -0.2) is 0 Å². The number of nitrogens with zero attached hydrogens (tertiary/aromatic N) is 3. The minimum absolute atomic E-state index is 0.109. The Kier molecular flexibility index (Phi) is 6.35. The number of hydrogen-bond acceptors (Lipinski definition) is 7.